The third-order valence-electron chi connectivity index (χ3n) is 11.3. The zero-order valence-corrected chi connectivity index (χ0v) is 37.5. The second-order valence-corrected chi connectivity index (χ2v) is 16.3. The van der Waals surface area contributed by atoms with Gasteiger partial charge < -0.3 is 52.5 Å². The number of esters is 1. The van der Waals surface area contributed by atoms with Gasteiger partial charge in [0.25, 0.3) is 0 Å². The first-order chi connectivity index (χ1) is 32.5. The van der Waals surface area contributed by atoms with Gasteiger partial charge in [-0.05, 0) is 40.7 Å². The molecule has 0 amide bonds. The molecule has 7 rings (SSSR count). The van der Waals surface area contributed by atoms with E-state index in [-0.39, 0.29) is 33.0 Å². The van der Waals surface area contributed by atoms with Crippen molar-refractivity contribution in [2.75, 3.05) is 19.8 Å². The smallest absolute Gasteiger partial charge is 0.303 e. The summed E-state index contributed by atoms with van der Waals surface area (Å²) in [6.45, 7) is 6.15. The van der Waals surface area contributed by atoms with Gasteiger partial charge in [0, 0.05) is 6.92 Å². The molecule has 12 heteroatoms. The van der Waals surface area contributed by atoms with Crippen molar-refractivity contribution in [1.82, 2.24) is 0 Å². The van der Waals surface area contributed by atoms with Crippen molar-refractivity contribution >= 4 is 5.97 Å². The van der Waals surface area contributed by atoms with Crippen LogP contribution in [0.15, 0.2) is 164 Å². The highest BCUT2D eigenvalue weighted by molar-refractivity contribution is 5.66. The van der Waals surface area contributed by atoms with Crippen LogP contribution in [0.4, 0.5) is 0 Å². The summed E-state index contributed by atoms with van der Waals surface area (Å²) >= 11 is 0. The van der Waals surface area contributed by atoms with Crippen molar-refractivity contribution in [1.29, 1.82) is 0 Å². The minimum absolute atomic E-state index is 0.0656. The molecule has 10 atom stereocenters. The van der Waals surface area contributed by atoms with Crippen molar-refractivity contribution in [3.8, 4) is 0 Å². The van der Waals surface area contributed by atoms with Crippen LogP contribution in [0.3, 0.4) is 0 Å². The van der Waals surface area contributed by atoms with Gasteiger partial charge in [-0.1, -0.05) is 158 Å². The molecular formula is C54H62O12. The van der Waals surface area contributed by atoms with Crippen LogP contribution in [0.5, 0.6) is 0 Å². The third kappa shape index (κ3) is 14.5. The van der Waals surface area contributed by atoms with Crippen LogP contribution in [0, 0.1) is 0 Å². The highest BCUT2D eigenvalue weighted by Gasteiger charge is 2.55. The predicted molar refractivity (Wildman–Crippen MR) is 246 cm³/mol. The number of carbonyl (C=O) groups excluding carboxylic acids is 1. The number of ether oxygens (including phenoxy) is 10. The SMILES string of the molecule is C=CCCCO[C@@H]1O[C@H](CO)[C@@H](OCc2ccccc2)[C@H](O[C@H]2O[C@H](COCc3ccccc3)[C@@H](OCc3ccccc3)[C@H](OCc3ccccc3)[C@@H]2OC(C)=O)[C@@H]1OCc1ccccc1. The number of aliphatic hydroxyl groups excluding tert-OH is 1. The molecule has 2 aliphatic heterocycles. The molecule has 0 aliphatic carbocycles. The molecule has 5 aromatic rings. The van der Waals surface area contributed by atoms with Crippen LogP contribution in [0.1, 0.15) is 47.6 Å². The Labute approximate surface area is 388 Å². The monoisotopic (exact) mass is 902 g/mol. The lowest BCUT2D eigenvalue weighted by Gasteiger charge is -2.50. The van der Waals surface area contributed by atoms with E-state index in [1.807, 2.05) is 158 Å². The molecule has 2 saturated heterocycles. The molecule has 1 N–H and O–H groups in total. The maximum atomic E-state index is 13.3. The summed E-state index contributed by atoms with van der Waals surface area (Å²) in [5.74, 6) is -0.580. The van der Waals surface area contributed by atoms with Crippen LogP contribution < -0.4 is 0 Å². The molecular weight excluding hydrogens is 841 g/mol. The Hall–Kier alpha value is -5.09. The first-order valence-corrected chi connectivity index (χ1v) is 22.7. The Morgan fingerprint density at radius 2 is 0.955 bits per heavy atom. The Morgan fingerprint density at radius 3 is 1.41 bits per heavy atom. The molecule has 0 saturated carbocycles. The van der Waals surface area contributed by atoms with Gasteiger partial charge in [-0.15, -0.1) is 6.58 Å². The van der Waals surface area contributed by atoms with Gasteiger partial charge in [-0.2, -0.15) is 0 Å². The lowest BCUT2D eigenvalue weighted by atomic mass is 9.95. The largest absolute Gasteiger partial charge is 0.454 e. The standard InChI is InChI=1S/C54H62O12/c1-3-4-20-31-58-53-51(62-37-44-29-18-9-19-30-44)50(47(45(32-55)64-53)59-34-41-23-12-6-13-24-41)66-54-52(63-39(2)56)49(61-36-43-27-16-8-17-28-43)48(60-35-42-25-14-7-15-26-42)46(65-54)38-57-33-40-21-10-5-11-22-40/h3,5-19,21-30,45-55H,1,4,20,31-38H2,2H3/t45-,46-,47-,48-,49+,50+,51+,52+,53-,54-/m1/s1. The Bertz CT molecular complexity index is 2110. The van der Waals surface area contributed by atoms with Gasteiger partial charge in [-0.3, -0.25) is 4.79 Å². The van der Waals surface area contributed by atoms with E-state index in [4.69, 9.17) is 47.4 Å². The number of aliphatic hydroxyl groups is 1. The van der Waals surface area contributed by atoms with E-state index in [0.29, 0.717) is 19.6 Å². The molecule has 0 spiro atoms. The maximum Gasteiger partial charge on any atom is 0.303 e. The highest BCUT2D eigenvalue weighted by atomic mass is 16.8. The average molecular weight is 903 g/mol. The van der Waals surface area contributed by atoms with Gasteiger partial charge in [0.05, 0.1) is 52.9 Å². The fraction of sp³-hybridized carbons (Fsp3) is 0.389. The van der Waals surface area contributed by atoms with Gasteiger partial charge in [-0.25, -0.2) is 0 Å². The summed E-state index contributed by atoms with van der Waals surface area (Å²) in [6, 6.07) is 48.8. The van der Waals surface area contributed by atoms with Crippen LogP contribution in [0.2, 0.25) is 0 Å². The van der Waals surface area contributed by atoms with Crippen molar-refractivity contribution in [2.45, 2.75) is 114 Å². The zero-order chi connectivity index (χ0) is 45.8. The lowest BCUT2D eigenvalue weighted by molar-refractivity contribution is -0.374. The summed E-state index contributed by atoms with van der Waals surface area (Å²) in [5, 5.41) is 11.0. The van der Waals surface area contributed by atoms with E-state index in [2.05, 4.69) is 6.58 Å². The maximum absolute atomic E-state index is 13.3. The van der Waals surface area contributed by atoms with Gasteiger partial charge in [0.2, 0.25) is 0 Å². The second-order valence-electron chi connectivity index (χ2n) is 16.3. The van der Waals surface area contributed by atoms with Gasteiger partial charge in [0.1, 0.15) is 42.7 Å². The van der Waals surface area contributed by atoms with E-state index >= 15 is 0 Å². The lowest BCUT2D eigenvalue weighted by Crippen LogP contribution is -2.66. The highest BCUT2D eigenvalue weighted by Crippen LogP contribution is 2.36. The molecule has 2 aliphatic rings. The summed E-state index contributed by atoms with van der Waals surface area (Å²) in [4.78, 5) is 13.3. The number of carbonyl (C=O) groups is 1. The van der Waals surface area contributed by atoms with Crippen molar-refractivity contribution in [2.24, 2.45) is 0 Å². The van der Waals surface area contributed by atoms with Crippen LogP contribution >= 0.6 is 0 Å². The van der Waals surface area contributed by atoms with E-state index in [1.54, 1.807) is 0 Å². The molecule has 350 valence electrons. The molecule has 5 aromatic carbocycles. The van der Waals surface area contributed by atoms with Gasteiger partial charge in [0.15, 0.2) is 18.7 Å². The fourth-order valence-corrected chi connectivity index (χ4v) is 8.04. The quantitative estimate of drug-likeness (QED) is 0.0344. The molecule has 12 nitrogen and oxygen atoms in total. The summed E-state index contributed by atoms with van der Waals surface area (Å²) in [5.41, 5.74) is 4.61. The number of hydrogen-bond acceptors (Lipinski definition) is 12. The molecule has 0 bridgehead atoms. The van der Waals surface area contributed by atoms with Crippen molar-refractivity contribution in [3.63, 3.8) is 0 Å². The third-order valence-corrected chi connectivity index (χ3v) is 11.3. The molecule has 2 heterocycles. The summed E-state index contributed by atoms with van der Waals surface area (Å²) < 4.78 is 66.8. The number of unbranched alkanes of at least 4 members (excludes halogenated alkanes) is 1. The Balaban J connectivity index is 1.28. The zero-order valence-electron chi connectivity index (χ0n) is 37.5. The van der Waals surface area contributed by atoms with E-state index < -0.39 is 74.0 Å². The second kappa shape index (κ2) is 26.3. The Kier molecular flexibility index (Phi) is 19.5. The molecule has 0 unspecified atom stereocenters. The van der Waals surface area contributed by atoms with Crippen molar-refractivity contribution in [3.05, 3.63) is 192 Å². The van der Waals surface area contributed by atoms with Crippen LogP contribution in [-0.4, -0.2) is 92.3 Å². The molecule has 66 heavy (non-hydrogen) atoms. The van der Waals surface area contributed by atoms with Gasteiger partial charge >= 0.3 is 5.97 Å². The van der Waals surface area contributed by atoms with Crippen molar-refractivity contribution < 1.29 is 57.3 Å². The van der Waals surface area contributed by atoms with E-state index in [9.17, 15) is 9.90 Å². The first-order valence-electron chi connectivity index (χ1n) is 22.7. The van der Waals surface area contributed by atoms with Crippen LogP contribution in [-0.2, 0) is 85.2 Å². The number of hydrogen-bond donors (Lipinski definition) is 1. The Morgan fingerprint density at radius 1 is 0.530 bits per heavy atom. The van der Waals surface area contributed by atoms with E-state index in [1.165, 1.54) is 6.92 Å². The topological polar surface area (TPSA) is 130 Å². The number of benzene rings is 5. The summed E-state index contributed by atoms with van der Waals surface area (Å²) in [6.07, 6.45) is -6.65. The minimum atomic E-state index is -1.30. The number of rotatable bonds is 25. The van der Waals surface area contributed by atoms with E-state index in [0.717, 1.165) is 34.2 Å². The molecule has 0 aromatic heterocycles. The first kappa shape index (κ1) is 48.8. The fourth-order valence-electron chi connectivity index (χ4n) is 8.04. The minimum Gasteiger partial charge on any atom is -0.454 e. The summed E-state index contributed by atoms with van der Waals surface area (Å²) in [7, 11) is 0. The average Bonchev–Trinajstić information content (AvgIpc) is 3.35. The molecule has 2 fully saturated rings. The predicted octanol–water partition coefficient (Wildman–Crippen LogP) is 8.29. The van der Waals surface area contributed by atoms with Crippen LogP contribution in [0.25, 0.3) is 0 Å². The molecule has 0 radical (unpaired) electrons. The normalized spacial score (nSPS) is 25.2. The number of allylic oxidation sites excluding steroid dienone is 1.